The van der Waals surface area contributed by atoms with Gasteiger partial charge in [0.2, 0.25) is 11.6 Å². The molecule has 3 amide bonds. The van der Waals surface area contributed by atoms with Crippen LogP contribution in [-0.4, -0.2) is 50.1 Å². The van der Waals surface area contributed by atoms with Crippen molar-refractivity contribution in [1.82, 2.24) is 19.7 Å². The average molecular weight is 469 g/mol. The van der Waals surface area contributed by atoms with E-state index < -0.39 is 29.2 Å². The quantitative estimate of drug-likeness (QED) is 0.637. The maximum atomic E-state index is 15.2. The number of nitrogens with one attached hydrogen (secondary N) is 1. The van der Waals surface area contributed by atoms with Crippen LogP contribution in [0.5, 0.6) is 0 Å². The van der Waals surface area contributed by atoms with Crippen molar-refractivity contribution in [3.8, 4) is 11.1 Å². The summed E-state index contributed by atoms with van der Waals surface area (Å²) >= 11 is 5.97. The standard InChI is InChI=1S/C22H18ClFN6O3/c1-28-11-13(8-26-28)12-5-16(24)19-17(6-12)30-18(31)3-4-22(30,29(2)20(19)32)21(33)27-15-7-14(23)9-25-10-15/h5-11H,3-4H2,1-2H3,(H,27,33)/t22-/m0/s1. The highest BCUT2D eigenvalue weighted by molar-refractivity contribution is 6.30. The van der Waals surface area contributed by atoms with Crippen molar-refractivity contribution in [3.63, 3.8) is 0 Å². The molecule has 11 heteroatoms. The summed E-state index contributed by atoms with van der Waals surface area (Å²) < 4.78 is 16.8. The Labute approximate surface area is 192 Å². The molecule has 9 nitrogen and oxygen atoms in total. The first-order valence-corrected chi connectivity index (χ1v) is 10.5. The normalized spacial score (nSPS) is 19.5. The molecule has 4 heterocycles. The summed E-state index contributed by atoms with van der Waals surface area (Å²) in [5, 5.41) is 7.11. The second kappa shape index (κ2) is 7.38. The molecule has 1 saturated heterocycles. The van der Waals surface area contributed by atoms with Crippen molar-refractivity contribution in [2.75, 3.05) is 17.3 Å². The molecule has 1 aromatic carbocycles. The molecule has 0 bridgehead atoms. The van der Waals surface area contributed by atoms with Gasteiger partial charge in [-0.15, -0.1) is 0 Å². The Morgan fingerprint density at radius 3 is 2.64 bits per heavy atom. The molecule has 0 spiro atoms. The lowest BCUT2D eigenvalue weighted by molar-refractivity contribution is -0.128. The third kappa shape index (κ3) is 3.09. The molecule has 5 rings (SSSR count). The molecular weight excluding hydrogens is 451 g/mol. The summed E-state index contributed by atoms with van der Waals surface area (Å²) in [5.41, 5.74) is -0.513. The van der Waals surface area contributed by atoms with Crippen molar-refractivity contribution >= 4 is 40.7 Å². The average Bonchev–Trinajstić information content (AvgIpc) is 3.36. The number of halogens is 2. The first-order valence-electron chi connectivity index (χ1n) is 10.1. The van der Waals surface area contributed by atoms with Crippen LogP contribution in [0.3, 0.4) is 0 Å². The highest BCUT2D eigenvalue weighted by Gasteiger charge is 2.60. The molecule has 1 atom stereocenters. The molecular formula is C22H18ClFN6O3. The zero-order valence-corrected chi connectivity index (χ0v) is 18.4. The monoisotopic (exact) mass is 468 g/mol. The van der Waals surface area contributed by atoms with Gasteiger partial charge in [-0.3, -0.25) is 28.9 Å². The number of hydrogen-bond acceptors (Lipinski definition) is 5. The van der Waals surface area contributed by atoms with Gasteiger partial charge in [0.15, 0.2) is 0 Å². The minimum absolute atomic E-state index is 0.0109. The van der Waals surface area contributed by atoms with Crippen molar-refractivity contribution in [1.29, 1.82) is 0 Å². The number of aromatic nitrogens is 3. The second-order valence-corrected chi connectivity index (χ2v) is 8.45. The summed E-state index contributed by atoms with van der Waals surface area (Å²) in [6.07, 6.45) is 6.12. The number of pyridine rings is 1. The Balaban J connectivity index is 1.66. The Bertz CT molecular complexity index is 1340. The summed E-state index contributed by atoms with van der Waals surface area (Å²) in [7, 11) is 3.11. The van der Waals surface area contributed by atoms with Gasteiger partial charge in [-0.2, -0.15) is 5.10 Å². The van der Waals surface area contributed by atoms with E-state index in [0.29, 0.717) is 21.8 Å². The molecule has 1 fully saturated rings. The molecule has 168 valence electrons. The van der Waals surface area contributed by atoms with E-state index >= 15 is 4.39 Å². The van der Waals surface area contributed by atoms with E-state index in [1.807, 2.05) is 0 Å². The number of anilines is 2. The van der Waals surface area contributed by atoms with Crippen LogP contribution in [0.25, 0.3) is 11.1 Å². The van der Waals surface area contributed by atoms with Gasteiger partial charge in [0.1, 0.15) is 5.82 Å². The smallest absolute Gasteiger partial charge is 0.271 e. The molecule has 33 heavy (non-hydrogen) atoms. The summed E-state index contributed by atoms with van der Waals surface area (Å²) in [6.45, 7) is 0. The van der Waals surface area contributed by atoms with E-state index in [-0.39, 0.29) is 24.1 Å². The number of carbonyl (C=O) groups is 3. The zero-order valence-electron chi connectivity index (χ0n) is 17.7. The Kier molecular flexibility index (Phi) is 4.71. The van der Waals surface area contributed by atoms with E-state index in [0.717, 1.165) is 4.90 Å². The lowest BCUT2D eigenvalue weighted by Crippen LogP contribution is -2.68. The first kappa shape index (κ1) is 21.1. The molecule has 2 aromatic heterocycles. The molecule has 3 aromatic rings. The summed E-state index contributed by atoms with van der Waals surface area (Å²) in [4.78, 5) is 46.2. The van der Waals surface area contributed by atoms with E-state index in [4.69, 9.17) is 11.6 Å². The van der Waals surface area contributed by atoms with Crippen LogP contribution in [0.2, 0.25) is 5.02 Å². The SMILES string of the molecule is CN1C(=O)c2c(F)cc(-c3cnn(C)c3)cc2N2C(=O)CC[C@]12C(=O)Nc1cncc(Cl)c1. The van der Waals surface area contributed by atoms with Crippen molar-refractivity contribution in [2.24, 2.45) is 7.05 Å². The number of benzene rings is 1. The Morgan fingerprint density at radius 1 is 1.15 bits per heavy atom. The van der Waals surface area contributed by atoms with Crippen LogP contribution in [-0.2, 0) is 16.6 Å². The van der Waals surface area contributed by atoms with Crippen LogP contribution in [0.4, 0.5) is 15.8 Å². The fourth-order valence-corrected chi connectivity index (χ4v) is 4.67. The fourth-order valence-electron chi connectivity index (χ4n) is 4.49. The molecule has 2 aliphatic heterocycles. The lowest BCUT2D eigenvalue weighted by atomic mass is 9.94. The number of fused-ring (bicyclic) bond motifs is 3. The van der Waals surface area contributed by atoms with Gasteiger partial charge in [-0.1, -0.05) is 11.6 Å². The van der Waals surface area contributed by atoms with E-state index in [1.165, 1.54) is 36.5 Å². The van der Waals surface area contributed by atoms with Crippen molar-refractivity contribution in [2.45, 2.75) is 18.5 Å². The first-order chi connectivity index (χ1) is 15.7. The third-order valence-electron chi connectivity index (χ3n) is 6.06. The van der Waals surface area contributed by atoms with Crippen molar-refractivity contribution in [3.05, 3.63) is 59.4 Å². The highest BCUT2D eigenvalue weighted by Crippen LogP contribution is 2.46. The minimum atomic E-state index is -1.66. The van der Waals surface area contributed by atoms with Gasteiger partial charge < -0.3 is 10.2 Å². The predicted molar refractivity (Wildman–Crippen MR) is 118 cm³/mol. The molecule has 0 saturated carbocycles. The van der Waals surface area contributed by atoms with E-state index in [1.54, 1.807) is 30.2 Å². The number of rotatable bonds is 3. The van der Waals surface area contributed by atoms with Crippen LogP contribution >= 0.6 is 11.6 Å². The lowest BCUT2D eigenvalue weighted by Gasteiger charge is -2.47. The van der Waals surface area contributed by atoms with Crippen LogP contribution in [0.1, 0.15) is 23.2 Å². The van der Waals surface area contributed by atoms with Crippen LogP contribution in [0, 0.1) is 5.82 Å². The Morgan fingerprint density at radius 2 is 1.94 bits per heavy atom. The number of hydrogen-bond donors (Lipinski definition) is 1. The van der Waals surface area contributed by atoms with Gasteiger partial charge in [0, 0.05) is 44.9 Å². The molecule has 1 N–H and O–H groups in total. The summed E-state index contributed by atoms with van der Waals surface area (Å²) in [6, 6.07) is 4.28. The third-order valence-corrected chi connectivity index (χ3v) is 6.26. The highest BCUT2D eigenvalue weighted by atomic mass is 35.5. The minimum Gasteiger partial charge on any atom is -0.321 e. The molecule has 0 aliphatic carbocycles. The van der Waals surface area contributed by atoms with Gasteiger partial charge in [0.05, 0.1) is 34.4 Å². The zero-order chi connectivity index (χ0) is 23.5. The number of carbonyl (C=O) groups excluding carboxylic acids is 3. The molecule has 2 aliphatic rings. The van der Waals surface area contributed by atoms with Crippen LogP contribution < -0.4 is 10.2 Å². The van der Waals surface area contributed by atoms with Gasteiger partial charge in [-0.25, -0.2) is 4.39 Å². The van der Waals surface area contributed by atoms with E-state index in [9.17, 15) is 14.4 Å². The second-order valence-electron chi connectivity index (χ2n) is 8.01. The number of amides is 3. The largest absolute Gasteiger partial charge is 0.321 e. The van der Waals surface area contributed by atoms with Crippen molar-refractivity contribution < 1.29 is 18.8 Å². The topological polar surface area (TPSA) is 100 Å². The van der Waals surface area contributed by atoms with Gasteiger partial charge in [-0.05, 0) is 23.8 Å². The van der Waals surface area contributed by atoms with E-state index in [2.05, 4.69) is 15.4 Å². The van der Waals surface area contributed by atoms with Gasteiger partial charge in [0.25, 0.3) is 11.8 Å². The number of nitrogens with zero attached hydrogens (tertiary/aromatic N) is 5. The van der Waals surface area contributed by atoms with Gasteiger partial charge >= 0.3 is 0 Å². The molecule has 0 radical (unpaired) electrons. The summed E-state index contributed by atoms with van der Waals surface area (Å²) in [5.74, 6) is -2.48. The Hall–Kier alpha value is -3.79. The fraction of sp³-hybridized carbons (Fsp3) is 0.227. The number of likely N-dealkylation sites (N-methyl/N-ethyl adjacent to an activating group) is 1. The predicted octanol–water partition coefficient (Wildman–Crippen LogP) is 2.82. The molecule has 0 unspecified atom stereocenters. The maximum Gasteiger partial charge on any atom is 0.271 e. The number of aryl methyl sites for hydroxylation is 1. The van der Waals surface area contributed by atoms with Crippen LogP contribution in [0.15, 0.2) is 43.0 Å². The maximum absolute atomic E-state index is 15.2.